The van der Waals surface area contributed by atoms with Crippen LogP contribution in [-0.2, 0) is 48.6 Å². The van der Waals surface area contributed by atoms with E-state index < -0.39 is 14.2 Å². The average Bonchev–Trinajstić information content (AvgIpc) is 3.25. The molecule has 2 aromatic carbocycles. The van der Waals surface area contributed by atoms with Gasteiger partial charge < -0.3 is 98.7 Å². The topological polar surface area (TPSA) is 155 Å². The van der Waals surface area contributed by atoms with Crippen molar-refractivity contribution in [1.82, 2.24) is 10.6 Å². The van der Waals surface area contributed by atoms with Crippen LogP contribution in [0, 0.1) is 0 Å². The van der Waals surface area contributed by atoms with Crippen LogP contribution >= 0.6 is 0 Å². The summed E-state index contributed by atoms with van der Waals surface area (Å²) in [7, 11) is -3.19. The van der Waals surface area contributed by atoms with E-state index in [1.807, 2.05) is 116 Å². The van der Waals surface area contributed by atoms with E-state index in [2.05, 4.69) is 60.2 Å². The smallest absolute Gasteiger partial charge is 0.488 e. The van der Waals surface area contributed by atoms with Crippen molar-refractivity contribution < 1.29 is 116 Å². The van der Waals surface area contributed by atoms with Crippen molar-refractivity contribution in [3.63, 3.8) is 0 Å². The van der Waals surface area contributed by atoms with Gasteiger partial charge in [-0.25, -0.2) is 18.3 Å². The highest BCUT2D eigenvalue weighted by Crippen LogP contribution is 2.16. The van der Waals surface area contributed by atoms with E-state index in [4.69, 9.17) is 0 Å². The molecule has 0 fully saturated rings. The summed E-state index contributed by atoms with van der Waals surface area (Å²) in [6, 6.07) is 27.7. The van der Waals surface area contributed by atoms with Crippen molar-refractivity contribution in [2.24, 2.45) is 0 Å². The van der Waals surface area contributed by atoms with Crippen LogP contribution in [0.25, 0.3) is 11.1 Å². The van der Waals surface area contributed by atoms with Gasteiger partial charge in [0.05, 0.1) is 0 Å². The van der Waals surface area contributed by atoms with Gasteiger partial charge in [-0.05, 0) is 72.0 Å². The molecule has 0 atom stereocenters. The van der Waals surface area contributed by atoms with Gasteiger partial charge in [-0.15, -0.1) is 0 Å². The molecule has 354 valence electrons. The van der Waals surface area contributed by atoms with Gasteiger partial charge in [-0.2, -0.15) is 0 Å². The third-order valence-electron chi connectivity index (χ3n) is 10.4. The Bertz CT molecular complexity index is 2360. The molecule has 0 aliphatic heterocycles. The Hall–Kier alpha value is -4.65. The monoisotopic (exact) mass is 1160 g/mol. The highest BCUT2D eigenvalue weighted by molar-refractivity contribution is 6.59. The summed E-state index contributed by atoms with van der Waals surface area (Å²) in [6.45, 7) is 13.9. The lowest BCUT2D eigenvalue weighted by atomic mass is 9.78. The zero-order valence-corrected chi connectivity index (χ0v) is 43.2. The molecule has 2 amide bonds. The number of nitrogens with one attached hydrogen (secondary N) is 2. The van der Waals surface area contributed by atoms with E-state index >= 15 is 0 Å². The Labute approximate surface area is 437 Å². The van der Waals surface area contributed by atoms with Crippen LogP contribution in [-0.4, -0.2) is 59.2 Å². The van der Waals surface area contributed by atoms with E-state index in [0.29, 0.717) is 74.2 Å². The van der Waals surface area contributed by atoms with Crippen LogP contribution in [0.1, 0.15) is 54.7 Å². The number of nitrogens with zero attached hydrogens (tertiary/aromatic N) is 4. The number of carbonyl (C=O) groups excluding carboxylic acids is 2. The number of pyridine rings is 4. The highest BCUT2D eigenvalue weighted by Gasteiger charge is 2.19. The van der Waals surface area contributed by atoms with Crippen LogP contribution in [0.3, 0.4) is 0 Å². The van der Waals surface area contributed by atoms with Crippen molar-refractivity contribution in [2.45, 2.75) is 60.3 Å². The first-order valence-corrected chi connectivity index (χ1v) is 20.6. The standard InChI is InChI=1S/C48H52B2N6O6.CH4.4BrH/c1-35(2)47(57)51-15-5-37-7-17-53(18-8-37)31-39-25-41(29-45(27-39)49(59)60)33-55-21-11-43(12-22-55)44-13-23-56(24-14-44)34-42-26-40(28-46(30-42)50(61)62)32-54-19-9-38(10-20-54)6-16-52-48(58)36(3)4;;;;;/h7-14,17-30,59-62H,1,3,5-6,15-16,31-34H2,2,4H3;1H4;4*1H/q+2;;;;;/p-2. The van der Waals surface area contributed by atoms with E-state index in [1.165, 1.54) is 0 Å². The molecule has 6 aromatic rings. The largest absolute Gasteiger partial charge is 1.00 e. The van der Waals surface area contributed by atoms with Gasteiger partial charge in [0.15, 0.2) is 75.8 Å². The Balaban J connectivity index is 0.00000449. The molecular weight excluding hydrogens is 1110 g/mol. The Morgan fingerprint density at radius 3 is 0.955 bits per heavy atom. The van der Waals surface area contributed by atoms with Gasteiger partial charge in [0, 0.05) is 95.0 Å². The molecule has 0 aliphatic rings. The van der Waals surface area contributed by atoms with Crippen LogP contribution in [0.2, 0.25) is 0 Å². The molecule has 67 heavy (non-hydrogen) atoms. The molecule has 0 bridgehead atoms. The second kappa shape index (κ2) is 29.3. The Morgan fingerprint density at radius 1 is 0.463 bits per heavy atom. The summed E-state index contributed by atoms with van der Waals surface area (Å²) in [5.74, 6) is -0.295. The van der Waals surface area contributed by atoms with Crippen molar-refractivity contribution >= 4 is 37.0 Å². The molecule has 6 rings (SSSR count). The maximum Gasteiger partial charge on any atom is 0.488 e. The summed E-state index contributed by atoms with van der Waals surface area (Å²) >= 11 is 0. The summed E-state index contributed by atoms with van der Waals surface area (Å²) in [5, 5.41) is 46.0. The summed E-state index contributed by atoms with van der Waals surface area (Å²) < 4.78 is 8.16. The van der Waals surface area contributed by atoms with Crippen molar-refractivity contribution in [3.8, 4) is 11.1 Å². The van der Waals surface area contributed by atoms with Gasteiger partial charge in [0.2, 0.25) is 11.8 Å². The normalized spacial score (nSPS) is 10.1. The minimum Gasteiger partial charge on any atom is -1.00 e. The van der Waals surface area contributed by atoms with Crippen molar-refractivity contribution in [2.75, 3.05) is 13.1 Å². The van der Waals surface area contributed by atoms with E-state index in [1.54, 1.807) is 13.8 Å². The number of benzene rings is 2. The van der Waals surface area contributed by atoms with E-state index in [-0.39, 0.29) is 87.2 Å². The quantitative estimate of drug-likeness (QED) is 0.0270. The van der Waals surface area contributed by atoms with Gasteiger partial charge in [-0.1, -0.05) is 44.8 Å². The highest BCUT2D eigenvalue weighted by atomic mass is 79.9. The van der Waals surface area contributed by atoms with E-state index in [0.717, 1.165) is 44.5 Å². The minimum atomic E-state index is -1.60. The molecule has 6 N–H and O–H groups in total. The second-order valence-corrected chi connectivity index (χ2v) is 15.8. The molecule has 18 heteroatoms. The lowest BCUT2D eigenvalue weighted by Gasteiger charge is -2.08. The number of rotatable bonds is 19. The van der Waals surface area contributed by atoms with E-state index in [9.17, 15) is 29.7 Å². The lowest BCUT2D eigenvalue weighted by molar-refractivity contribution is -0.689. The van der Waals surface area contributed by atoms with Crippen molar-refractivity contribution in [3.05, 3.63) is 192 Å². The second-order valence-electron chi connectivity index (χ2n) is 15.8. The first kappa shape index (κ1) is 60.4. The number of carbonyl (C=O) groups is 2. The Kier molecular flexibility index (Phi) is 26.4. The Morgan fingerprint density at radius 2 is 0.716 bits per heavy atom. The van der Waals surface area contributed by atoms with Gasteiger partial charge in [0.25, 0.3) is 0 Å². The molecule has 0 saturated carbocycles. The number of hydrogen-bond acceptors (Lipinski definition) is 6. The zero-order chi connectivity index (χ0) is 44.2. The predicted molar refractivity (Wildman–Crippen MR) is 244 cm³/mol. The van der Waals surface area contributed by atoms with Crippen LogP contribution in [0.5, 0.6) is 0 Å². The predicted octanol–water partition coefficient (Wildman–Crippen LogP) is -10.8. The maximum atomic E-state index is 11.8. The molecule has 0 aliphatic carbocycles. The summed E-state index contributed by atoms with van der Waals surface area (Å²) in [5.41, 5.74) is 9.83. The first-order valence-electron chi connectivity index (χ1n) is 20.6. The minimum absolute atomic E-state index is 0. The average molecular weight is 1170 g/mol. The fraction of sp³-hybridized carbons (Fsp3) is 0.224. The van der Waals surface area contributed by atoms with Crippen molar-refractivity contribution in [1.29, 1.82) is 0 Å². The maximum absolute atomic E-state index is 11.8. The SMILES string of the molecule is C.C=C(C)C(=O)NCCc1cc[n+](Cc2cc(C[n+]3ccc(-c4cc[n+](Cc5cc(C[n+]6ccc(CCNC(=O)C(=C)C)cc6)cc(B(O)O)c5)cc4)cc3)cc(B(O)O)c2)cc1.[Br-].[Br-].[Br-].[Br-]. The summed E-state index contributed by atoms with van der Waals surface area (Å²) in [6.07, 6.45) is 17.3. The zero-order valence-electron chi connectivity index (χ0n) is 36.8. The van der Waals surface area contributed by atoms with Crippen LogP contribution in [0.4, 0.5) is 0 Å². The molecule has 0 unspecified atom stereocenters. The number of hydrogen-bond donors (Lipinski definition) is 6. The van der Waals surface area contributed by atoms with Gasteiger partial charge in [0.1, 0.15) is 0 Å². The molecule has 4 aromatic heterocycles. The number of aromatic nitrogens is 4. The van der Waals surface area contributed by atoms with Crippen LogP contribution in [0.15, 0.2) is 159 Å². The third kappa shape index (κ3) is 18.8. The number of halogens is 4. The molecule has 0 spiro atoms. The van der Waals surface area contributed by atoms with Gasteiger partial charge in [-0.3, -0.25) is 9.59 Å². The number of amides is 2. The molecule has 4 heterocycles. The fourth-order valence-corrected chi connectivity index (χ4v) is 7.06. The van der Waals surface area contributed by atoms with Crippen LogP contribution < -0.4 is 108 Å². The molecule has 0 radical (unpaired) electrons. The summed E-state index contributed by atoms with van der Waals surface area (Å²) in [4.78, 5) is 23.5. The lowest BCUT2D eigenvalue weighted by Crippen LogP contribution is -3.00. The fourth-order valence-electron chi connectivity index (χ4n) is 7.06. The van der Waals surface area contributed by atoms with Gasteiger partial charge >= 0.3 is 14.2 Å². The first-order chi connectivity index (χ1) is 29.8. The third-order valence-corrected chi connectivity index (χ3v) is 10.4. The molecule has 12 nitrogen and oxygen atoms in total. The molecular formula is C49H58B2Br4N6O6. The molecule has 0 saturated heterocycles.